The van der Waals surface area contributed by atoms with Crippen molar-refractivity contribution in [3.05, 3.63) is 29.8 Å². The number of benzene rings is 1. The number of nitrogens with zero attached hydrogens (tertiary/aromatic N) is 1. The van der Waals surface area contributed by atoms with Crippen LogP contribution in [0.2, 0.25) is 0 Å². The Morgan fingerprint density at radius 2 is 2.09 bits per heavy atom. The summed E-state index contributed by atoms with van der Waals surface area (Å²) in [7, 11) is -1.20. The van der Waals surface area contributed by atoms with Crippen LogP contribution in [0.5, 0.6) is 5.75 Å². The van der Waals surface area contributed by atoms with E-state index in [4.69, 9.17) is 4.74 Å². The third-order valence-corrected chi connectivity index (χ3v) is 5.47. The maximum absolute atomic E-state index is 11.4. The van der Waals surface area contributed by atoms with Crippen LogP contribution in [0.1, 0.15) is 18.4 Å². The Bertz CT molecular complexity index is 626. The number of ether oxygens (including phenoxy) is 1. The van der Waals surface area contributed by atoms with Crippen LogP contribution in [0.4, 0.5) is 0 Å². The molecule has 1 aromatic carbocycles. The van der Waals surface area contributed by atoms with Gasteiger partial charge in [0.1, 0.15) is 5.75 Å². The van der Waals surface area contributed by atoms with E-state index in [1.807, 2.05) is 31.2 Å². The molecule has 7 heteroatoms. The van der Waals surface area contributed by atoms with E-state index in [0.29, 0.717) is 25.5 Å². The zero-order valence-corrected chi connectivity index (χ0v) is 14.5. The topological polar surface area (TPSA) is 79.8 Å². The first-order valence-electron chi connectivity index (χ1n) is 7.85. The lowest BCUT2D eigenvalue weighted by Crippen LogP contribution is -2.44. The normalized spacial score (nSPS) is 20.3. The fourth-order valence-corrected chi connectivity index (χ4v) is 4.07. The Labute approximate surface area is 138 Å². The molecular weight excluding hydrogens is 314 g/mol. The second-order valence-corrected chi connectivity index (χ2v) is 7.99. The van der Waals surface area contributed by atoms with Gasteiger partial charge in [-0.3, -0.25) is 4.99 Å². The van der Waals surface area contributed by atoms with Crippen LogP contribution < -0.4 is 15.4 Å². The highest BCUT2D eigenvalue weighted by Crippen LogP contribution is 2.12. The van der Waals surface area contributed by atoms with Gasteiger partial charge in [0.15, 0.2) is 15.8 Å². The summed E-state index contributed by atoms with van der Waals surface area (Å²) in [6, 6.07) is 7.92. The first kappa shape index (κ1) is 17.6. The zero-order chi connectivity index (χ0) is 16.7. The standard InChI is InChI=1S/C16H25N3O3S/c1-13-4-6-15(7-5-13)22-10-3-9-18-16(17-2)19-14-8-11-23(20,21)12-14/h4-7,14H,3,8-12H2,1-2H3,(H2,17,18,19). The Hall–Kier alpha value is -1.76. The average molecular weight is 339 g/mol. The third kappa shape index (κ3) is 6.09. The molecule has 1 heterocycles. The molecule has 0 aliphatic carbocycles. The number of sulfone groups is 1. The summed E-state index contributed by atoms with van der Waals surface area (Å²) in [5, 5.41) is 6.34. The maximum atomic E-state index is 11.4. The number of guanidine groups is 1. The van der Waals surface area contributed by atoms with Crippen molar-refractivity contribution >= 4 is 15.8 Å². The van der Waals surface area contributed by atoms with Gasteiger partial charge < -0.3 is 15.4 Å². The van der Waals surface area contributed by atoms with Gasteiger partial charge in [-0.2, -0.15) is 0 Å². The largest absolute Gasteiger partial charge is 0.494 e. The summed E-state index contributed by atoms with van der Waals surface area (Å²) in [5.41, 5.74) is 1.21. The molecule has 1 fully saturated rings. The molecule has 0 aromatic heterocycles. The fraction of sp³-hybridized carbons (Fsp3) is 0.562. The highest BCUT2D eigenvalue weighted by atomic mass is 32.2. The lowest BCUT2D eigenvalue weighted by atomic mass is 10.2. The van der Waals surface area contributed by atoms with Crippen LogP contribution in [0.25, 0.3) is 0 Å². The highest BCUT2D eigenvalue weighted by molar-refractivity contribution is 7.91. The minimum absolute atomic E-state index is 0.0463. The monoisotopic (exact) mass is 339 g/mol. The van der Waals surface area contributed by atoms with Crippen molar-refractivity contribution in [2.24, 2.45) is 4.99 Å². The van der Waals surface area contributed by atoms with Crippen LogP contribution in [0.3, 0.4) is 0 Å². The van der Waals surface area contributed by atoms with Crippen LogP contribution in [-0.4, -0.2) is 52.1 Å². The van der Waals surface area contributed by atoms with Gasteiger partial charge in [0.2, 0.25) is 0 Å². The van der Waals surface area contributed by atoms with Gasteiger partial charge in [-0.15, -0.1) is 0 Å². The van der Waals surface area contributed by atoms with Gasteiger partial charge >= 0.3 is 0 Å². The van der Waals surface area contributed by atoms with Crippen molar-refractivity contribution in [3.63, 3.8) is 0 Å². The molecule has 1 aromatic rings. The molecule has 0 saturated carbocycles. The van der Waals surface area contributed by atoms with E-state index in [2.05, 4.69) is 15.6 Å². The third-order valence-electron chi connectivity index (χ3n) is 3.70. The number of nitrogens with one attached hydrogen (secondary N) is 2. The molecule has 1 aliphatic rings. The summed E-state index contributed by atoms with van der Waals surface area (Å²) in [6.07, 6.45) is 1.47. The summed E-state index contributed by atoms with van der Waals surface area (Å²) in [4.78, 5) is 4.12. The molecule has 2 rings (SSSR count). The highest BCUT2D eigenvalue weighted by Gasteiger charge is 2.28. The minimum atomic E-state index is -2.88. The minimum Gasteiger partial charge on any atom is -0.494 e. The van der Waals surface area contributed by atoms with Crippen LogP contribution >= 0.6 is 0 Å². The molecule has 0 amide bonds. The van der Waals surface area contributed by atoms with E-state index in [1.165, 1.54) is 5.56 Å². The van der Waals surface area contributed by atoms with Gasteiger partial charge in [-0.05, 0) is 31.9 Å². The molecule has 1 saturated heterocycles. The molecule has 1 unspecified atom stereocenters. The average Bonchev–Trinajstić information content (AvgIpc) is 2.86. The molecule has 23 heavy (non-hydrogen) atoms. The Kier molecular flexibility index (Phi) is 6.27. The predicted octanol–water partition coefficient (Wildman–Crippen LogP) is 1.12. The fourth-order valence-electron chi connectivity index (χ4n) is 2.40. The Morgan fingerprint density at radius 3 is 2.70 bits per heavy atom. The first-order chi connectivity index (χ1) is 11.0. The van der Waals surface area contributed by atoms with Gasteiger partial charge in [0.05, 0.1) is 18.1 Å². The van der Waals surface area contributed by atoms with Crippen molar-refractivity contribution in [1.29, 1.82) is 0 Å². The predicted molar refractivity (Wildman–Crippen MR) is 92.8 cm³/mol. The second kappa shape index (κ2) is 8.19. The smallest absolute Gasteiger partial charge is 0.191 e. The van der Waals surface area contributed by atoms with Gasteiger partial charge in [0.25, 0.3) is 0 Å². The van der Waals surface area contributed by atoms with Gasteiger partial charge in [0, 0.05) is 19.6 Å². The van der Waals surface area contributed by atoms with Crippen LogP contribution in [-0.2, 0) is 9.84 Å². The molecule has 128 valence electrons. The number of hydrogen-bond acceptors (Lipinski definition) is 4. The molecule has 0 bridgehead atoms. The molecule has 2 N–H and O–H groups in total. The second-order valence-electron chi connectivity index (χ2n) is 5.76. The summed E-state index contributed by atoms with van der Waals surface area (Å²) < 4.78 is 28.6. The van der Waals surface area contributed by atoms with E-state index < -0.39 is 9.84 Å². The van der Waals surface area contributed by atoms with Crippen molar-refractivity contribution in [2.45, 2.75) is 25.8 Å². The van der Waals surface area contributed by atoms with Crippen molar-refractivity contribution in [2.75, 3.05) is 31.7 Å². The molecule has 6 nitrogen and oxygen atoms in total. The Balaban J connectivity index is 1.63. The molecule has 1 aliphatic heterocycles. The van der Waals surface area contributed by atoms with Crippen molar-refractivity contribution in [3.8, 4) is 5.75 Å². The quantitative estimate of drug-likeness (QED) is 0.461. The van der Waals surface area contributed by atoms with E-state index in [9.17, 15) is 8.42 Å². The lowest BCUT2D eigenvalue weighted by Gasteiger charge is -2.16. The van der Waals surface area contributed by atoms with Gasteiger partial charge in [-0.1, -0.05) is 17.7 Å². The molecular formula is C16H25N3O3S. The maximum Gasteiger partial charge on any atom is 0.191 e. The number of aliphatic imine (C=N–C) groups is 1. The van der Waals surface area contributed by atoms with Gasteiger partial charge in [-0.25, -0.2) is 8.42 Å². The number of rotatable bonds is 6. The van der Waals surface area contributed by atoms with E-state index in [1.54, 1.807) is 7.05 Å². The van der Waals surface area contributed by atoms with E-state index in [0.717, 1.165) is 12.2 Å². The van der Waals surface area contributed by atoms with Crippen molar-refractivity contribution < 1.29 is 13.2 Å². The molecule has 0 spiro atoms. The summed E-state index contributed by atoms with van der Waals surface area (Å²) >= 11 is 0. The molecule has 0 radical (unpaired) electrons. The SMILES string of the molecule is CN=C(NCCCOc1ccc(C)cc1)NC1CCS(=O)(=O)C1. The zero-order valence-electron chi connectivity index (χ0n) is 13.7. The lowest BCUT2D eigenvalue weighted by molar-refractivity contribution is 0.311. The van der Waals surface area contributed by atoms with E-state index >= 15 is 0 Å². The number of hydrogen-bond donors (Lipinski definition) is 2. The summed E-state index contributed by atoms with van der Waals surface area (Å²) in [5.74, 6) is 1.95. The Morgan fingerprint density at radius 1 is 1.35 bits per heavy atom. The van der Waals surface area contributed by atoms with E-state index in [-0.39, 0.29) is 17.5 Å². The van der Waals surface area contributed by atoms with Crippen molar-refractivity contribution in [1.82, 2.24) is 10.6 Å². The summed E-state index contributed by atoms with van der Waals surface area (Å²) in [6.45, 7) is 3.37. The molecule has 1 atom stereocenters. The van der Waals surface area contributed by atoms with Crippen LogP contribution in [0.15, 0.2) is 29.3 Å². The van der Waals surface area contributed by atoms with Crippen LogP contribution in [0, 0.1) is 6.92 Å². The number of aryl methyl sites for hydroxylation is 1. The first-order valence-corrected chi connectivity index (χ1v) is 9.68.